The van der Waals surface area contributed by atoms with Crippen molar-refractivity contribution in [2.24, 2.45) is 17.8 Å². The van der Waals surface area contributed by atoms with E-state index in [1.165, 1.54) is 45.2 Å². The highest BCUT2D eigenvalue weighted by Crippen LogP contribution is 2.28. The molecule has 3 fully saturated rings. The molecule has 1 saturated carbocycles. The summed E-state index contributed by atoms with van der Waals surface area (Å²) in [5.74, 6) is 2.12. The third-order valence-corrected chi connectivity index (χ3v) is 7.07. The summed E-state index contributed by atoms with van der Waals surface area (Å²) in [7, 11) is 0. The van der Waals surface area contributed by atoms with E-state index in [4.69, 9.17) is 0 Å². The van der Waals surface area contributed by atoms with Crippen molar-refractivity contribution in [3.63, 3.8) is 0 Å². The van der Waals surface area contributed by atoms with Crippen LogP contribution < -0.4 is 5.32 Å². The molecule has 0 spiro atoms. The number of amides is 2. The van der Waals surface area contributed by atoms with Crippen LogP contribution in [0.5, 0.6) is 0 Å². The van der Waals surface area contributed by atoms with Gasteiger partial charge < -0.3 is 15.1 Å². The third kappa shape index (κ3) is 6.75. The molecule has 0 aromatic carbocycles. The number of carbonyl (C=O) groups excluding carboxylic acids is 2. The van der Waals surface area contributed by atoms with Gasteiger partial charge >= 0.3 is 0 Å². The van der Waals surface area contributed by atoms with Crippen LogP contribution in [0.4, 0.5) is 0 Å². The second-order valence-electron chi connectivity index (χ2n) is 9.56. The summed E-state index contributed by atoms with van der Waals surface area (Å²) in [6.07, 6.45) is 12.2. The number of hydrogen-bond donors (Lipinski definition) is 1. The summed E-state index contributed by atoms with van der Waals surface area (Å²) >= 11 is 0. The number of piperidine rings is 2. The van der Waals surface area contributed by atoms with Crippen molar-refractivity contribution in [1.29, 1.82) is 0 Å². The maximum atomic E-state index is 12.6. The smallest absolute Gasteiger partial charge is 0.225 e. The molecule has 2 aliphatic heterocycles. The van der Waals surface area contributed by atoms with Crippen LogP contribution in [-0.2, 0) is 9.59 Å². The number of rotatable bonds is 7. The zero-order valence-electron chi connectivity index (χ0n) is 18.0. The minimum absolute atomic E-state index is 0.198. The van der Waals surface area contributed by atoms with Crippen LogP contribution >= 0.6 is 0 Å². The zero-order valence-corrected chi connectivity index (χ0v) is 18.0. The monoisotopic (exact) mass is 391 g/mol. The number of nitrogens with one attached hydrogen (secondary N) is 1. The summed E-state index contributed by atoms with van der Waals surface area (Å²) < 4.78 is 0. The van der Waals surface area contributed by atoms with Crippen molar-refractivity contribution >= 4 is 11.8 Å². The summed E-state index contributed by atoms with van der Waals surface area (Å²) in [4.78, 5) is 29.5. The topological polar surface area (TPSA) is 52.7 Å². The quantitative estimate of drug-likeness (QED) is 0.677. The Bertz CT molecular complexity index is 496. The molecule has 5 nitrogen and oxygen atoms in total. The molecule has 2 heterocycles. The first-order valence-corrected chi connectivity index (χ1v) is 11.9. The van der Waals surface area contributed by atoms with E-state index in [1.54, 1.807) is 0 Å². The van der Waals surface area contributed by atoms with Crippen LogP contribution in [0.3, 0.4) is 0 Å². The molecular weight excluding hydrogens is 350 g/mol. The van der Waals surface area contributed by atoms with Crippen molar-refractivity contribution < 1.29 is 9.59 Å². The average Bonchev–Trinajstić information content (AvgIpc) is 2.72. The molecular formula is C23H41N3O2. The fourth-order valence-corrected chi connectivity index (χ4v) is 5.32. The van der Waals surface area contributed by atoms with Crippen molar-refractivity contribution in [2.45, 2.75) is 77.6 Å². The zero-order chi connectivity index (χ0) is 19.8. The lowest BCUT2D eigenvalue weighted by Crippen LogP contribution is -2.43. The van der Waals surface area contributed by atoms with Crippen molar-refractivity contribution in [3.8, 4) is 0 Å². The van der Waals surface area contributed by atoms with Crippen LogP contribution in [0.25, 0.3) is 0 Å². The van der Waals surface area contributed by atoms with Gasteiger partial charge in [0.1, 0.15) is 0 Å². The van der Waals surface area contributed by atoms with Crippen molar-refractivity contribution in [3.05, 3.63) is 0 Å². The largest absolute Gasteiger partial charge is 0.356 e. The minimum Gasteiger partial charge on any atom is -0.356 e. The molecule has 0 bridgehead atoms. The lowest BCUT2D eigenvalue weighted by atomic mass is 9.87. The molecule has 0 aromatic heterocycles. The van der Waals surface area contributed by atoms with Crippen molar-refractivity contribution in [1.82, 2.24) is 15.1 Å². The highest BCUT2D eigenvalue weighted by Gasteiger charge is 2.29. The van der Waals surface area contributed by atoms with Crippen LogP contribution in [0.15, 0.2) is 0 Å². The van der Waals surface area contributed by atoms with Crippen LogP contribution in [-0.4, -0.2) is 60.9 Å². The molecule has 3 rings (SSSR count). The summed E-state index contributed by atoms with van der Waals surface area (Å²) in [5, 5.41) is 3.12. The second-order valence-corrected chi connectivity index (χ2v) is 9.56. The molecule has 0 aromatic rings. The van der Waals surface area contributed by atoms with Gasteiger partial charge in [-0.1, -0.05) is 26.2 Å². The predicted molar refractivity (Wildman–Crippen MR) is 113 cm³/mol. The first-order chi connectivity index (χ1) is 13.6. The van der Waals surface area contributed by atoms with E-state index in [0.29, 0.717) is 18.2 Å². The molecule has 2 saturated heterocycles. The Morgan fingerprint density at radius 3 is 2.39 bits per heavy atom. The van der Waals surface area contributed by atoms with Gasteiger partial charge in [-0.3, -0.25) is 9.59 Å². The van der Waals surface area contributed by atoms with E-state index in [1.807, 2.05) is 0 Å². The molecule has 5 heteroatoms. The molecule has 1 aliphatic carbocycles. The standard InChI is InChI=1S/C23H41N3O2/c1-19-7-5-13-25(18-19)14-6-12-24-22(27)17-20-10-15-26(16-11-20)23(28)21-8-3-2-4-9-21/h19-21H,2-18H2,1H3,(H,24,27)/t19-/m0/s1. The SMILES string of the molecule is C[C@H]1CCCN(CCCNC(=O)CC2CCN(C(=O)C3CCCCC3)CC2)C1. The Morgan fingerprint density at radius 1 is 0.929 bits per heavy atom. The van der Waals surface area contributed by atoms with Crippen LogP contribution in [0.1, 0.15) is 77.6 Å². The molecule has 160 valence electrons. The van der Waals surface area contributed by atoms with E-state index in [9.17, 15) is 9.59 Å². The Kier molecular flexibility index (Phi) is 8.63. The normalized spacial score (nSPS) is 25.6. The van der Waals surface area contributed by atoms with Gasteiger partial charge in [-0.2, -0.15) is 0 Å². The number of carbonyl (C=O) groups is 2. The highest BCUT2D eigenvalue weighted by molar-refractivity contribution is 5.79. The summed E-state index contributed by atoms with van der Waals surface area (Å²) in [6.45, 7) is 8.36. The van der Waals surface area contributed by atoms with Gasteiger partial charge in [-0.25, -0.2) is 0 Å². The fraction of sp³-hybridized carbons (Fsp3) is 0.913. The third-order valence-electron chi connectivity index (χ3n) is 7.07. The van der Waals surface area contributed by atoms with E-state index < -0.39 is 0 Å². The van der Waals surface area contributed by atoms with E-state index in [-0.39, 0.29) is 11.8 Å². The molecule has 2 amide bonds. The molecule has 1 atom stereocenters. The Hall–Kier alpha value is -1.10. The summed E-state index contributed by atoms with van der Waals surface area (Å²) in [5.41, 5.74) is 0. The molecule has 1 N–H and O–H groups in total. The van der Waals surface area contributed by atoms with E-state index in [0.717, 1.165) is 64.2 Å². The number of likely N-dealkylation sites (tertiary alicyclic amines) is 2. The van der Waals surface area contributed by atoms with Crippen LogP contribution in [0.2, 0.25) is 0 Å². The minimum atomic E-state index is 0.198. The first kappa shape index (κ1) is 21.6. The van der Waals surface area contributed by atoms with Gasteiger partial charge in [-0.15, -0.1) is 0 Å². The first-order valence-electron chi connectivity index (χ1n) is 11.9. The molecule has 28 heavy (non-hydrogen) atoms. The number of nitrogens with zero attached hydrogens (tertiary/aromatic N) is 2. The predicted octanol–water partition coefficient (Wildman–Crippen LogP) is 3.43. The maximum absolute atomic E-state index is 12.6. The van der Waals surface area contributed by atoms with Gasteiger partial charge in [0.05, 0.1) is 0 Å². The van der Waals surface area contributed by atoms with E-state index in [2.05, 4.69) is 22.0 Å². The Morgan fingerprint density at radius 2 is 1.68 bits per heavy atom. The van der Waals surface area contributed by atoms with Gasteiger partial charge in [0.25, 0.3) is 0 Å². The van der Waals surface area contributed by atoms with E-state index >= 15 is 0 Å². The second kappa shape index (κ2) is 11.2. The Balaban J connectivity index is 1.26. The van der Waals surface area contributed by atoms with Gasteiger partial charge in [0, 0.05) is 38.5 Å². The maximum Gasteiger partial charge on any atom is 0.225 e. The number of hydrogen-bond acceptors (Lipinski definition) is 3. The summed E-state index contributed by atoms with van der Waals surface area (Å²) in [6, 6.07) is 0. The van der Waals surface area contributed by atoms with Crippen LogP contribution in [0, 0.1) is 17.8 Å². The lowest BCUT2D eigenvalue weighted by Gasteiger charge is -2.35. The van der Waals surface area contributed by atoms with Gasteiger partial charge in [-0.05, 0) is 69.9 Å². The Labute approximate surface area is 171 Å². The molecule has 0 radical (unpaired) electrons. The highest BCUT2D eigenvalue weighted by atomic mass is 16.2. The van der Waals surface area contributed by atoms with Gasteiger partial charge in [0.15, 0.2) is 0 Å². The lowest BCUT2D eigenvalue weighted by molar-refractivity contribution is -0.138. The fourth-order valence-electron chi connectivity index (χ4n) is 5.32. The van der Waals surface area contributed by atoms with Gasteiger partial charge in [0.2, 0.25) is 11.8 Å². The molecule has 3 aliphatic rings. The molecule has 0 unspecified atom stereocenters. The average molecular weight is 392 g/mol. The van der Waals surface area contributed by atoms with Crippen molar-refractivity contribution in [2.75, 3.05) is 39.3 Å².